The van der Waals surface area contributed by atoms with E-state index in [0.29, 0.717) is 17.9 Å². The lowest BCUT2D eigenvalue weighted by Gasteiger charge is -2.14. The molecule has 1 aromatic carbocycles. The summed E-state index contributed by atoms with van der Waals surface area (Å²) in [6.07, 6.45) is 1.78. The molecule has 0 unspecified atom stereocenters. The molecule has 1 fully saturated rings. The number of fused-ring (bicyclic) bond motifs is 1. The van der Waals surface area contributed by atoms with Crippen LogP contribution in [0.1, 0.15) is 18.4 Å². The van der Waals surface area contributed by atoms with Gasteiger partial charge in [0.05, 0.1) is 10.2 Å². The number of thiazole rings is 1. The molecule has 0 N–H and O–H groups in total. The zero-order valence-corrected chi connectivity index (χ0v) is 16.4. The number of carbonyl (C=O) groups is 2. The van der Waals surface area contributed by atoms with Crippen LogP contribution in [0.15, 0.2) is 23.2 Å². The van der Waals surface area contributed by atoms with E-state index in [4.69, 9.17) is 0 Å². The number of carbonyl (C=O) groups excluding carboxylic acids is 2. The summed E-state index contributed by atoms with van der Waals surface area (Å²) in [4.78, 5) is 30.1. The SMILES string of the molecule is Cc1ccc2c(c1)sc(=NC(=O)CS(=O)(=O)CC(=O)N1CCCC1)n2C. The fraction of sp³-hybridized carbons (Fsp3) is 0.471. The monoisotopic (exact) mass is 395 g/mol. The zero-order valence-electron chi connectivity index (χ0n) is 14.8. The molecule has 0 atom stereocenters. The molecular formula is C17H21N3O4S2. The molecular weight excluding hydrogens is 374 g/mol. The van der Waals surface area contributed by atoms with Crippen molar-refractivity contribution in [3.05, 3.63) is 28.6 Å². The molecule has 2 amide bonds. The van der Waals surface area contributed by atoms with E-state index in [2.05, 4.69) is 4.99 Å². The second-order valence-corrected chi connectivity index (χ2v) is 9.61. The lowest BCUT2D eigenvalue weighted by atomic mass is 10.2. The van der Waals surface area contributed by atoms with Gasteiger partial charge >= 0.3 is 0 Å². The normalized spacial score (nSPS) is 15.8. The number of aryl methyl sites for hydroxylation is 2. The molecule has 140 valence electrons. The molecule has 26 heavy (non-hydrogen) atoms. The molecule has 0 aliphatic carbocycles. The van der Waals surface area contributed by atoms with E-state index in [1.54, 1.807) is 11.6 Å². The minimum absolute atomic E-state index is 0.432. The summed E-state index contributed by atoms with van der Waals surface area (Å²) < 4.78 is 27.1. The standard InChI is InChI=1S/C17H21N3O4S2/c1-12-5-6-13-14(9-12)25-17(19(13)2)18-15(21)10-26(23,24)11-16(22)20-7-3-4-8-20/h5-6,9H,3-4,7-8,10-11H2,1-2H3. The number of hydrogen-bond donors (Lipinski definition) is 0. The van der Waals surface area contributed by atoms with Crippen LogP contribution in [0.4, 0.5) is 0 Å². The van der Waals surface area contributed by atoms with E-state index in [0.717, 1.165) is 28.6 Å². The van der Waals surface area contributed by atoms with Crippen LogP contribution in [-0.2, 0) is 26.5 Å². The fourth-order valence-corrected chi connectivity index (χ4v) is 5.21. The molecule has 0 bridgehead atoms. The number of nitrogens with zero attached hydrogens (tertiary/aromatic N) is 3. The summed E-state index contributed by atoms with van der Waals surface area (Å²) in [5.74, 6) is -2.57. The molecule has 2 aromatic rings. The Morgan fingerprint density at radius 2 is 1.88 bits per heavy atom. The topological polar surface area (TPSA) is 88.8 Å². The largest absolute Gasteiger partial charge is 0.342 e. The van der Waals surface area contributed by atoms with Crippen molar-refractivity contribution in [3.8, 4) is 0 Å². The molecule has 2 heterocycles. The average Bonchev–Trinajstić information content (AvgIpc) is 3.15. The Morgan fingerprint density at radius 1 is 1.19 bits per heavy atom. The van der Waals surface area contributed by atoms with Gasteiger partial charge in [0.15, 0.2) is 14.6 Å². The maximum absolute atomic E-state index is 12.2. The lowest BCUT2D eigenvalue weighted by molar-refractivity contribution is -0.127. The summed E-state index contributed by atoms with van der Waals surface area (Å²) >= 11 is 1.33. The quantitative estimate of drug-likeness (QED) is 0.773. The van der Waals surface area contributed by atoms with Gasteiger partial charge in [-0.2, -0.15) is 4.99 Å². The maximum Gasteiger partial charge on any atom is 0.263 e. The summed E-state index contributed by atoms with van der Waals surface area (Å²) in [7, 11) is -2.04. The summed E-state index contributed by atoms with van der Waals surface area (Å²) in [6, 6.07) is 5.90. The van der Waals surface area contributed by atoms with Gasteiger partial charge < -0.3 is 9.47 Å². The third-order valence-corrected chi connectivity index (χ3v) is 6.80. The number of sulfone groups is 1. The van der Waals surface area contributed by atoms with Gasteiger partial charge in [-0.1, -0.05) is 17.4 Å². The number of benzene rings is 1. The summed E-state index contributed by atoms with van der Waals surface area (Å²) in [5, 5.41) is 0. The Balaban J connectivity index is 1.76. The predicted molar refractivity (Wildman–Crippen MR) is 101 cm³/mol. The molecule has 1 aliphatic heterocycles. The molecule has 0 saturated carbocycles. The average molecular weight is 396 g/mol. The van der Waals surface area contributed by atoms with Crippen molar-refractivity contribution in [1.29, 1.82) is 0 Å². The smallest absolute Gasteiger partial charge is 0.263 e. The lowest BCUT2D eigenvalue weighted by Crippen LogP contribution is -2.35. The third kappa shape index (κ3) is 4.21. The zero-order chi connectivity index (χ0) is 18.9. The third-order valence-electron chi connectivity index (χ3n) is 4.33. The van der Waals surface area contributed by atoms with Gasteiger partial charge in [-0.15, -0.1) is 0 Å². The predicted octanol–water partition coefficient (Wildman–Crippen LogP) is 1.01. The molecule has 3 rings (SSSR count). The molecule has 0 radical (unpaired) electrons. The molecule has 1 aromatic heterocycles. The first-order valence-electron chi connectivity index (χ1n) is 8.37. The Morgan fingerprint density at radius 3 is 2.58 bits per heavy atom. The van der Waals surface area contributed by atoms with Gasteiger partial charge in [0, 0.05) is 20.1 Å². The highest BCUT2D eigenvalue weighted by Crippen LogP contribution is 2.17. The molecule has 1 aliphatic rings. The van der Waals surface area contributed by atoms with Crippen molar-refractivity contribution in [1.82, 2.24) is 9.47 Å². The minimum Gasteiger partial charge on any atom is -0.342 e. The van der Waals surface area contributed by atoms with Gasteiger partial charge in [-0.3, -0.25) is 9.59 Å². The van der Waals surface area contributed by atoms with Crippen molar-refractivity contribution in [2.24, 2.45) is 12.0 Å². The van der Waals surface area contributed by atoms with E-state index < -0.39 is 33.2 Å². The number of amides is 2. The minimum atomic E-state index is -3.83. The van der Waals surface area contributed by atoms with E-state index in [9.17, 15) is 18.0 Å². The first-order valence-corrected chi connectivity index (χ1v) is 11.0. The van der Waals surface area contributed by atoms with Crippen LogP contribution in [0.3, 0.4) is 0 Å². The molecule has 1 saturated heterocycles. The maximum atomic E-state index is 12.2. The van der Waals surface area contributed by atoms with Crippen LogP contribution in [0.5, 0.6) is 0 Å². The van der Waals surface area contributed by atoms with E-state index >= 15 is 0 Å². The number of hydrogen-bond acceptors (Lipinski definition) is 5. The Bertz CT molecular complexity index is 1030. The highest BCUT2D eigenvalue weighted by Gasteiger charge is 2.26. The van der Waals surface area contributed by atoms with E-state index in [-0.39, 0.29) is 0 Å². The Hall–Kier alpha value is -2.00. The summed E-state index contributed by atoms with van der Waals surface area (Å²) in [6.45, 7) is 3.15. The van der Waals surface area contributed by atoms with Crippen LogP contribution in [0.25, 0.3) is 10.2 Å². The second-order valence-electron chi connectivity index (χ2n) is 6.54. The fourth-order valence-electron chi connectivity index (χ4n) is 2.97. The van der Waals surface area contributed by atoms with Gasteiger partial charge in [-0.05, 0) is 37.5 Å². The van der Waals surface area contributed by atoms with Gasteiger partial charge in [0.25, 0.3) is 5.91 Å². The first-order chi connectivity index (χ1) is 12.2. The van der Waals surface area contributed by atoms with Crippen LogP contribution in [-0.4, -0.2) is 54.3 Å². The van der Waals surface area contributed by atoms with Crippen LogP contribution in [0.2, 0.25) is 0 Å². The number of rotatable bonds is 4. The van der Waals surface area contributed by atoms with Gasteiger partial charge in [-0.25, -0.2) is 8.42 Å². The van der Waals surface area contributed by atoms with Gasteiger partial charge in [0.1, 0.15) is 11.5 Å². The van der Waals surface area contributed by atoms with Crippen molar-refractivity contribution in [2.45, 2.75) is 19.8 Å². The molecule has 0 spiro atoms. The van der Waals surface area contributed by atoms with Crippen molar-refractivity contribution in [3.63, 3.8) is 0 Å². The number of aromatic nitrogens is 1. The summed E-state index contributed by atoms with van der Waals surface area (Å²) in [5.41, 5.74) is 2.03. The van der Waals surface area contributed by atoms with Crippen molar-refractivity contribution in [2.75, 3.05) is 24.6 Å². The number of likely N-dealkylation sites (tertiary alicyclic amines) is 1. The molecule has 7 nitrogen and oxygen atoms in total. The highest BCUT2D eigenvalue weighted by molar-refractivity contribution is 7.92. The Kier molecular flexibility index (Phi) is 5.29. The van der Waals surface area contributed by atoms with Crippen LogP contribution in [0, 0.1) is 6.92 Å². The highest BCUT2D eigenvalue weighted by atomic mass is 32.2. The van der Waals surface area contributed by atoms with E-state index in [1.165, 1.54) is 16.2 Å². The van der Waals surface area contributed by atoms with Crippen LogP contribution < -0.4 is 4.80 Å². The van der Waals surface area contributed by atoms with E-state index in [1.807, 2.05) is 25.1 Å². The second kappa shape index (κ2) is 7.32. The molecule has 9 heteroatoms. The van der Waals surface area contributed by atoms with Crippen molar-refractivity contribution >= 4 is 43.2 Å². The van der Waals surface area contributed by atoms with Gasteiger partial charge in [0.2, 0.25) is 5.91 Å². The van der Waals surface area contributed by atoms with Crippen molar-refractivity contribution < 1.29 is 18.0 Å². The first kappa shape index (κ1) is 18.8. The van der Waals surface area contributed by atoms with Crippen LogP contribution >= 0.6 is 11.3 Å². The Labute approximate surface area is 155 Å².